The van der Waals surface area contributed by atoms with Crippen LogP contribution in [0.5, 0.6) is 5.75 Å². The number of hydrogen-bond donors (Lipinski definition) is 3. The number of aromatic nitrogens is 1. The number of rotatable bonds is 13. The summed E-state index contributed by atoms with van der Waals surface area (Å²) in [6, 6.07) is 21.7. The van der Waals surface area contributed by atoms with Crippen LogP contribution in [0.2, 0.25) is 0 Å². The van der Waals surface area contributed by atoms with Gasteiger partial charge in [-0.1, -0.05) is 43.5 Å². The molecule has 45 heavy (non-hydrogen) atoms. The van der Waals surface area contributed by atoms with Crippen LogP contribution < -0.4 is 15.4 Å². The lowest BCUT2D eigenvalue weighted by atomic mass is 9.96. The summed E-state index contributed by atoms with van der Waals surface area (Å²) in [7, 11) is 0. The first-order valence-electron chi connectivity index (χ1n) is 15.6. The van der Waals surface area contributed by atoms with Crippen LogP contribution in [0.4, 0.5) is 16.2 Å². The van der Waals surface area contributed by atoms with Crippen molar-refractivity contribution in [3.63, 3.8) is 0 Å². The summed E-state index contributed by atoms with van der Waals surface area (Å²) in [5.41, 5.74) is 6.46. The predicted molar refractivity (Wildman–Crippen MR) is 173 cm³/mol. The van der Waals surface area contributed by atoms with E-state index in [4.69, 9.17) is 18.9 Å². The van der Waals surface area contributed by atoms with Crippen LogP contribution in [0.3, 0.4) is 0 Å². The van der Waals surface area contributed by atoms with Crippen molar-refractivity contribution in [1.29, 1.82) is 0 Å². The Labute approximate surface area is 264 Å². The third-order valence-electron chi connectivity index (χ3n) is 8.13. The average Bonchev–Trinajstić information content (AvgIpc) is 3.41. The summed E-state index contributed by atoms with van der Waals surface area (Å²) in [6.45, 7) is 4.37. The molecule has 9 nitrogen and oxygen atoms in total. The van der Waals surface area contributed by atoms with Crippen LogP contribution >= 0.6 is 0 Å². The van der Waals surface area contributed by atoms with Gasteiger partial charge < -0.3 is 29.6 Å². The van der Waals surface area contributed by atoms with Gasteiger partial charge in [-0.05, 0) is 92.3 Å². The minimum Gasteiger partial charge on any atom is -0.493 e. The maximum atomic E-state index is 12.4. The summed E-state index contributed by atoms with van der Waals surface area (Å²) in [6.07, 6.45) is 5.76. The largest absolute Gasteiger partial charge is 0.493 e. The first-order chi connectivity index (χ1) is 21.8. The number of anilines is 2. The first kappa shape index (κ1) is 31.6. The minimum absolute atomic E-state index is 0.0127. The number of carboxylic acid groups (broad SMARTS) is 1. The summed E-state index contributed by atoms with van der Waals surface area (Å²) < 4.78 is 17.6. The highest BCUT2D eigenvalue weighted by Crippen LogP contribution is 2.27. The van der Waals surface area contributed by atoms with E-state index < -0.39 is 12.1 Å². The Balaban J connectivity index is 1.17. The Morgan fingerprint density at radius 1 is 0.956 bits per heavy atom. The second-order valence-electron chi connectivity index (χ2n) is 11.5. The summed E-state index contributed by atoms with van der Waals surface area (Å²) in [5.74, 6) is 1.02. The molecule has 0 saturated heterocycles. The van der Waals surface area contributed by atoms with Crippen LogP contribution in [0, 0.1) is 13.8 Å². The highest BCUT2D eigenvalue weighted by atomic mass is 16.5. The number of alkyl carbamates (subject to hydrolysis) is 1. The maximum Gasteiger partial charge on any atom is 0.407 e. The van der Waals surface area contributed by atoms with Crippen molar-refractivity contribution in [2.24, 2.45) is 0 Å². The van der Waals surface area contributed by atoms with Gasteiger partial charge in [0.25, 0.3) is 0 Å². The van der Waals surface area contributed by atoms with Crippen molar-refractivity contribution < 1.29 is 28.6 Å². The van der Waals surface area contributed by atoms with Gasteiger partial charge in [0.2, 0.25) is 5.89 Å². The molecule has 3 N–H and O–H groups in total. The Bertz CT molecular complexity index is 1590. The standard InChI is InChI=1S/C36H41N3O6/c1-24-8-6-7-11-32(24)37-30-16-12-27(13-17-30)35-39-33(25(2)45-35)20-21-43-31-18-14-26(15-19-34(40)41)28(22-31)23-44-36(42)38-29-9-4-3-5-10-29/h6-8,11-14,16-18,22,29,37H,3-5,9-10,15,19-21,23H2,1-2H3,(H,38,42)(H,40,41). The number of carboxylic acids is 1. The maximum absolute atomic E-state index is 12.4. The van der Waals surface area contributed by atoms with Crippen molar-refractivity contribution >= 4 is 23.4 Å². The zero-order valence-electron chi connectivity index (χ0n) is 25.9. The van der Waals surface area contributed by atoms with E-state index in [1.807, 2.05) is 61.5 Å². The summed E-state index contributed by atoms with van der Waals surface area (Å²) in [4.78, 5) is 28.4. The fourth-order valence-corrected chi connectivity index (χ4v) is 5.52. The normalized spacial score (nSPS) is 13.3. The molecule has 1 fully saturated rings. The van der Waals surface area contributed by atoms with Gasteiger partial charge in [-0.25, -0.2) is 9.78 Å². The van der Waals surface area contributed by atoms with E-state index in [9.17, 15) is 14.7 Å². The average molecular weight is 612 g/mol. The molecule has 0 aliphatic heterocycles. The van der Waals surface area contributed by atoms with Crippen molar-refractivity contribution in [3.05, 3.63) is 94.9 Å². The van der Waals surface area contributed by atoms with Crippen molar-refractivity contribution in [2.75, 3.05) is 11.9 Å². The Kier molecular flexibility index (Phi) is 10.7. The molecule has 236 valence electrons. The molecule has 0 spiro atoms. The van der Waals surface area contributed by atoms with E-state index in [1.54, 1.807) is 0 Å². The van der Waals surface area contributed by atoms with E-state index in [-0.39, 0.29) is 19.1 Å². The van der Waals surface area contributed by atoms with Crippen molar-refractivity contribution in [1.82, 2.24) is 10.3 Å². The molecule has 1 aliphatic carbocycles. The SMILES string of the molecule is Cc1ccccc1Nc1ccc(-c2nc(CCOc3ccc(CCC(=O)O)c(COC(=O)NC4CCCCC4)c3)c(C)o2)cc1. The van der Waals surface area contributed by atoms with E-state index in [1.165, 1.54) is 12.0 Å². The number of benzene rings is 3. The quantitative estimate of drug-likeness (QED) is 0.139. The number of nitrogens with zero attached hydrogens (tertiary/aromatic N) is 1. The molecule has 1 aromatic heterocycles. The molecule has 0 radical (unpaired) electrons. The van der Waals surface area contributed by atoms with Crippen LogP contribution in [0.1, 0.15) is 66.7 Å². The van der Waals surface area contributed by atoms with Gasteiger partial charge in [-0.15, -0.1) is 0 Å². The van der Waals surface area contributed by atoms with Crippen molar-refractivity contribution in [3.8, 4) is 17.2 Å². The number of carbonyl (C=O) groups is 2. The molecule has 5 rings (SSSR count). The zero-order chi connectivity index (χ0) is 31.6. The van der Waals surface area contributed by atoms with Gasteiger partial charge in [-0.3, -0.25) is 4.79 Å². The third kappa shape index (κ3) is 9.11. The number of hydrogen-bond acceptors (Lipinski definition) is 7. The monoisotopic (exact) mass is 611 g/mol. The van der Waals surface area contributed by atoms with E-state index in [0.717, 1.165) is 65.2 Å². The minimum atomic E-state index is -0.880. The number of aliphatic carboxylic acids is 1. The number of ether oxygens (including phenoxy) is 2. The molecule has 0 unspecified atom stereocenters. The topological polar surface area (TPSA) is 123 Å². The molecular weight excluding hydrogens is 570 g/mol. The molecule has 0 bridgehead atoms. The number of amides is 1. The highest BCUT2D eigenvalue weighted by Gasteiger charge is 2.17. The smallest absolute Gasteiger partial charge is 0.407 e. The lowest BCUT2D eigenvalue weighted by Gasteiger charge is -2.22. The third-order valence-corrected chi connectivity index (χ3v) is 8.13. The summed E-state index contributed by atoms with van der Waals surface area (Å²) in [5, 5.41) is 15.6. The predicted octanol–water partition coefficient (Wildman–Crippen LogP) is 7.90. The second-order valence-corrected chi connectivity index (χ2v) is 11.5. The fraction of sp³-hybridized carbons (Fsp3) is 0.361. The van der Waals surface area contributed by atoms with Gasteiger partial charge >= 0.3 is 12.1 Å². The highest BCUT2D eigenvalue weighted by molar-refractivity contribution is 5.68. The van der Waals surface area contributed by atoms with E-state index in [0.29, 0.717) is 31.1 Å². The van der Waals surface area contributed by atoms with Gasteiger partial charge in [0.15, 0.2) is 0 Å². The Morgan fingerprint density at radius 3 is 2.49 bits per heavy atom. The van der Waals surface area contributed by atoms with Gasteiger partial charge in [0.1, 0.15) is 18.1 Å². The van der Waals surface area contributed by atoms with Crippen LogP contribution in [-0.2, 0) is 29.0 Å². The second kappa shape index (κ2) is 15.3. The van der Waals surface area contributed by atoms with Gasteiger partial charge in [0.05, 0.1) is 12.3 Å². The van der Waals surface area contributed by atoms with Gasteiger partial charge in [-0.2, -0.15) is 0 Å². The lowest BCUT2D eigenvalue weighted by molar-refractivity contribution is -0.136. The number of para-hydroxylation sites is 1. The molecule has 1 aliphatic rings. The van der Waals surface area contributed by atoms with Crippen LogP contribution in [0.25, 0.3) is 11.5 Å². The zero-order valence-corrected chi connectivity index (χ0v) is 25.9. The lowest BCUT2D eigenvalue weighted by Crippen LogP contribution is -2.36. The van der Waals surface area contributed by atoms with Crippen LogP contribution in [0.15, 0.2) is 71.1 Å². The molecule has 9 heteroatoms. The molecule has 1 heterocycles. The molecular formula is C36H41N3O6. The first-order valence-corrected chi connectivity index (χ1v) is 15.6. The molecule has 1 saturated carbocycles. The fourth-order valence-electron chi connectivity index (χ4n) is 5.52. The number of carbonyl (C=O) groups excluding carboxylic acids is 1. The van der Waals surface area contributed by atoms with Crippen LogP contribution in [-0.4, -0.2) is 34.8 Å². The van der Waals surface area contributed by atoms with E-state index in [2.05, 4.69) is 29.7 Å². The van der Waals surface area contributed by atoms with E-state index >= 15 is 0 Å². The number of aryl methyl sites for hydroxylation is 3. The Hall–Kier alpha value is -4.79. The molecule has 4 aromatic rings. The molecule has 1 amide bonds. The number of nitrogens with one attached hydrogen (secondary N) is 2. The Morgan fingerprint density at radius 2 is 1.73 bits per heavy atom. The molecule has 3 aromatic carbocycles. The van der Waals surface area contributed by atoms with Gasteiger partial charge in [0, 0.05) is 35.8 Å². The molecule has 0 atom stereocenters. The number of oxazole rings is 1. The summed E-state index contributed by atoms with van der Waals surface area (Å²) >= 11 is 0. The van der Waals surface area contributed by atoms with Crippen molar-refractivity contribution in [2.45, 2.75) is 77.9 Å².